The molecular formula is C24H28N2O. The summed E-state index contributed by atoms with van der Waals surface area (Å²) in [5.74, 6) is 0.282. The lowest BCUT2D eigenvalue weighted by molar-refractivity contribution is -0.133. The van der Waals surface area contributed by atoms with Gasteiger partial charge in [-0.1, -0.05) is 74.7 Å². The molecule has 1 unspecified atom stereocenters. The highest BCUT2D eigenvalue weighted by Gasteiger charge is 2.33. The number of aromatic amines is 1. The number of hydrogen-bond acceptors (Lipinski definition) is 1. The van der Waals surface area contributed by atoms with Crippen LogP contribution in [0.4, 0.5) is 0 Å². The van der Waals surface area contributed by atoms with Crippen LogP contribution >= 0.6 is 0 Å². The number of fused-ring (bicyclic) bond motifs is 3. The molecule has 1 aromatic heterocycles. The highest BCUT2D eigenvalue weighted by Crippen LogP contribution is 2.38. The third-order valence-corrected chi connectivity index (χ3v) is 5.71. The first-order valence-corrected chi connectivity index (χ1v) is 10.2. The Labute approximate surface area is 161 Å². The second-order valence-corrected chi connectivity index (χ2v) is 7.52. The Morgan fingerprint density at radius 3 is 2.63 bits per heavy atom. The molecule has 0 fully saturated rings. The van der Waals surface area contributed by atoms with E-state index >= 15 is 0 Å². The van der Waals surface area contributed by atoms with E-state index in [4.69, 9.17) is 0 Å². The van der Waals surface area contributed by atoms with Crippen LogP contribution in [0.25, 0.3) is 10.9 Å². The zero-order valence-corrected chi connectivity index (χ0v) is 16.1. The van der Waals surface area contributed by atoms with Crippen LogP contribution in [0, 0.1) is 0 Å². The topological polar surface area (TPSA) is 36.1 Å². The Morgan fingerprint density at radius 1 is 1.04 bits per heavy atom. The molecule has 27 heavy (non-hydrogen) atoms. The highest BCUT2D eigenvalue weighted by atomic mass is 16.2. The van der Waals surface area contributed by atoms with Crippen LogP contribution in [0.2, 0.25) is 0 Å². The first-order chi connectivity index (χ1) is 13.3. The zero-order valence-electron chi connectivity index (χ0n) is 16.1. The number of amides is 1. The highest BCUT2D eigenvalue weighted by molar-refractivity contribution is 5.86. The summed E-state index contributed by atoms with van der Waals surface area (Å²) in [6.07, 6.45) is 6.11. The summed E-state index contributed by atoms with van der Waals surface area (Å²) in [5.41, 5.74) is 4.91. The maximum atomic E-state index is 13.1. The van der Waals surface area contributed by atoms with Crippen molar-refractivity contribution in [2.45, 2.75) is 51.5 Å². The van der Waals surface area contributed by atoms with Crippen LogP contribution in [-0.4, -0.2) is 22.3 Å². The summed E-state index contributed by atoms with van der Waals surface area (Å²) in [6, 6.07) is 18.9. The summed E-state index contributed by atoms with van der Waals surface area (Å²) in [7, 11) is 0. The molecule has 0 aliphatic carbocycles. The average molecular weight is 361 g/mol. The number of unbranched alkanes of at least 4 members (excludes halogenated alkanes) is 3. The number of nitrogens with one attached hydrogen (secondary N) is 1. The Bertz CT molecular complexity index is 913. The molecule has 0 spiro atoms. The molecule has 1 aliphatic heterocycles. The van der Waals surface area contributed by atoms with E-state index in [1.54, 1.807) is 0 Å². The van der Waals surface area contributed by atoms with Crippen LogP contribution in [0.5, 0.6) is 0 Å². The molecule has 1 aliphatic rings. The van der Waals surface area contributed by atoms with E-state index < -0.39 is 0 Å². The maximum absolute atomic E-state index is 13.1. The summed E-state index contributed by atoms with van der Waals surface area (Å²) < 4.78 is 0. The third kappa shape index (κ3) is 3.51. The van der Waals surface area contributed by atoms with E-state index in [2.05, 4.69) is 65.3 Å². The molecule has 1 N–H and O–H groups in total. The Kier molecular flexibility index (Phi) is 5.28. The number of rotatable bonds is 6. The molecule has 0 bridgehead atoms. The van der Waals surface area contributed by atoms with Crippen LogP contribution in [-0.2, 0) is 11.2 Å². The van der Waals surface area contributed by atoms with Gasteiger partial charge in [-0.3, -0.25) is 4.79 Å². The standard InChI is InChI=1S/C24H28N2O/c1-2-3-4-8-15-22(27)26-17-16-20-19-13-9-10-14-21(19)25-23(20)24(26)18-11-6-5-7-12-18/h5-7,9-14,24-25H,2-4,8,15-17H2,1H3. The second kappa shape index (κ2) is 7.99. The predicted molar refractivity (Wildman–Crippen MR) is 111 cm³/mol. The van der Waals surface area contributed by atoms with Crippen molar-refractivity contribution in [3.05, 3.63) is 71.4 Å². The van der Waals surface area contributed by atoms with Gasteiger partial charge in [0.15, 0.2) is 0 Å². The Morgan fingerprint density at radius 2 is 1.81 bits per heavy atom. The van der Waals surface area contributed by atoms with Gasteiger partial charge in [0.1, 0.15) is 0 Å². The Hall–Kier alpha value is -2.55. The van der Waals surface area contributed by atoms with Gasteiger partial charge in [0.2, 0.25) is 5.91 Å². The van der Waals surface area contributed by atoms with Crippen molar-refractivity contribution in [3.8, 4) is 0 Å². The minimum atomic E-state index is -0.0129. The van der Waals surface area contributed by atoms with Gasteiger partial charge in [-0.05, 0) is 30.0 Å². The van der Waals surface area contributed by atoms with E-state index in [-0.39, 0.29) is 11.9 Å². The van der Waals surface area contributed by atoms with Crippen LogP contribution in [0.3, 0.4) is 0 Å². The normalized spacial score (nSPS) is 16.5. The van der Waals surface area contributed by atoms with Crippen molar-refractivity contribution in [2.24, 2.45) is 0 Å². The minimum Gasteiger partial charge on any atom is -0.356 e. The molecule has 3 nitrogen and oxygen atoms in total. The minimum absolute atomic E-state index is 0.0129. The van der Waals surface area contributed by atoms with Gasteiger partial charge in [-0.25, -0.2) is 0 Å². The van der Waals surface area contributed by atoms with Gasteiger partial charge in [0, 0.05) is 29.6 Å². The number of para-hydroxylation sites is 1. The van der Waals surface area contributed by atoms with Gasteiger partial charge in [0.05, 0.1) is 6.04 Å². The van der Waals surface area contributed by atoms with E-state index in [0.29, 0.717) is 6.42 Å². The summed E-state index contributed by atoms with van der Waals surface area (Å²) in [4.78, 5) is 18.8. The molecule has 3 heteroatoms. The van der Waals surface area contributed by atoms with Gasteiger partial charge in [0.25, 0.3) is 0 Å². The van der Waals surface area contributed by atoms with Crippen molar-refractivity contribution in [1.82, 2.24) is 9.88 Å². The van der Waals surface area contributed by atoms with Crippen LogP contribution < -0.4 is 0 Å². The van der Waals surface area contributed by atoms with Gasteiger partial charge in [-0.15, -0.1) is 0 Å². The average Bonchev–Trinajstić information content (AvgIpc) is 3.09. The molecule has 1 atom stereocenters. The van der Waals surface area contributed by atoms with Crippen molar-refractivity contribution in [2.75, 3.05) is 6.54 Å². The molecule has 0 radical (unpaired) electrons. The Balaban J connectivity index is 1.69. The molecule has 2 heterocycles. The number of benzene rings is 2. The van der Waals surface area contributed by atoms with Crippen molar-refractivity contribution in [1.29, 1.82) is 0 Å². The first kappa shape index (κ1) is 17.8. The van der Waals surface area contributed by atoms with Gasteiger partial charge < -0.3 is 9.88 Å². The molecule has 140 valence electrons. The smallest absolute Gasteiger partial charge is 0.223 e. The lowest BCUT2D eigenvalue weighted by Crippen LogP contribution is -2.40. The summed E-state index contributed by atoms with van der Waals surface area (Å²) in [5, 5.41) is 1.29. The van der Waals surface area contributed by atoms with E-state index in [0.717, 1.165) is 25.8 Å². The molecule has 0 saturated heterocycles. The summed E-state index contributed by atoms with van der Waals surface area (Å²) in [6.45, 7) is 3.00. The van der Waals surface area contributed by atoms with Crippen LogP contribution in [0.1, 0.15) is 61.9 Å². The fourth-order valence-electron chi connectivity index (χ4n) is 4.34. The monoisotopic (exact) mass is 360 g/mol. The molecule has 4 rings (SSSR count). The van der Waals surface area contributed by atoms with Gasteiger partial charge in [-0.2, -0.15) is 0 Å². The number of aromatic nitrogens is 1. The van der Waals surface area contributed by atoms with Crippen LogP contribution in [0.15, 0.2) is 54.6 Å². The summed E-state index contributed by atoms with van der Waals surface area (Å²) >= 11 is 0. The van der Waals surface area contributed by atoms with E-state index in [1.165, 1.54) is 40.6 Å². The number of hydrogen-bond donors (Lipinski definition) is 1. The molecule has 1 amide bonds. The van der Waals surface area contributed by atoms with Crippen molar-refractivity contribution < 1.29 is 4.79 Å². The number of H-pyrrole nitrogens is 1. The van der Waals surface area contributed by atoms with Gasteiger partial charge >= 0.3 is 0 Å². The second-order valence-electron chi connectivity index (χ2n) is 7.52. The first-order valence-electron chi connectivity index (χ1n) is 10.2. The van der Waals surface area contributed by atoms with Crippen molar-refractivity contribution >= 4 is 16.8 Å². The quantitative estimate of drug-likeness (QED) is 0.570. The number of carbonyl (C=O) groups excluding carboxylic acids is 1. The molecule has 0 saturated carbocycles. The molecular weight excluding hydrogens is 332 g/mol. The SMILES string of the molecule is CCCCCCC(=O)N1CCc2c([nH]c3ccccc23)C1c1ccccc1. The maximum Gasteiger partial charge on any atom is 0.223 e. The lowest BCUT2D eigenvalue weighted by Gasteiger charge is -2.36. The third-order valence-electron chi connectivity index (χ3n) is 5.71. The largest absolute Gasteiger partial charge is 0.356 e. The zero-order chi connectivity index (χ0) is 18.6. The number of nitrogens with zero attached hydrogens (tertiary/aromatic N) is 1. The van der Waals surface area contributed by atoms with Crippen molar-refractivity contribution in [3.63, 3.8) is 0 Å². The lowest BCUT2D eigenvalue weighted by atomic mass is 9.92. The molecule has 3 aromatic rings. The van der Waals surface area contributed by atoms with E-state index in [9.17, 15) is 4.79 Å². The number of carbonyl (C=O) groups is 1. The molecule has 2 aromatic carbocycles. The fourth-order valence-corrected chi connectivity index (χ4v) is 4.34. The fraction of sp³-hybridized carbons (Fsp3) is 0.375. The van der Waals surface area contributed by atoms with E-state index in [1.807, 2.05) is 6.07 Å². The predicted octanol–water partition coefficient (Wildman–Crippen LogP) is 5.61.